The molecule has 0 radical (unpaired) electrons. The molecule has 2 aromatic rings. The van der Waals surface area contributed by atoms with Gasteiger partial charge < -0.3 is 0 Å². The molecule has 23 heavy (non-hydrogen) atoms. The van der Waals surface area contributed by atoms with E-state index in [4.69, 9.17) is 0 Å². The predicted octanol–water partition coefficient (Wildman–Crippen LogP) is 4.34. The number of benzene rings is 1. The van der Waals surface area contributed by atoms with Gasteiger partial charge in [-0.15, -0.1) is 11.3 Å². The molecule has 0 bridgehead atoms. The van der Waals surface area contributed by atoms with Crippen molar-refractivity contribution < 1.29 is 4.39 Å². The highest BCUT2D eigenvalue weighted by molar-refractivity contribution is 7.18. The van der Waals surface area contributed by atoms with Crippen LogP contribution < -0.4 is 5.43 Å². The molecule has 1 saturated carbocycles. The smallest absolute Gasteiger partial charge is 0.192 e. The molecule has 1 aromatic carbocycles. The molecule has 4 heteroatoms. The number of fused-ring (bicyclic) bond motifs is 2. The van der Waals surface area contributed by atoms with Crippen LogP contribution >= 0.6 is 11.3 Å². The van der Waals surface area contributed by atoms with Crippen LogP contribution in [0.5, 0.6) is 0 Å². The van der Waals surface area contributed by atoms with E-state index >= 15 is 0 Å². The first-order chi connectivity index (χ1) is 11.2. The Morgan fingerprint density at radius 2 is 2.04 bits per heavy atom. The molecule has 2 nitrogen and oxygen atoms in total. The third-order valence-corrected chi connectivity index (χ3v) is 6.58. The molecule has 1 fully saturated rings. The maximum Gasteiger partial charge on any atom is 0.192 e. The molecular formula is C19H22FNOS. The average Bonchev–Trinajstić information content (AvgIpc) is 2.57. The van der Waals surface area contributed by atoms with Crippen LogP contribution in [0.3, 0.4) is 0 Å². The maximum atomic E-state index is 13.5. The van der Waals surface area contributed by atoms with Gasteiger partial charge in [0.25, 0.3) is 0 Å². The fourth-order valence-corrected chi connectivity index (χ4v) is 5.20. The van der Waals surface area contributed by atoms with Gasteiger partial charge in [0.2, 0.25) is 0 Å². The molecule has 1 aliphatic heterocycles. The molecule has 0 spiro atoms. The summed E-state index contributed by atoms with van der Waals surface area (Å²) < 4.78 is 14.4. The number of halogens is 1. The predicted molar refractivity (Wildman–Crippen MR) is 93.6 cm³/mol. The highest BCUT2D eigenvalue weighted by Gasteiger charge is 2.24. The molecule has 2 aliphatic rings. The third kappa shape index (κ3) is 3.07. The number of rotatable bonds is 2. The second kappa shape index (κ2) is 6.33. The highest BCUT2D eigenvalue weighted by Crippen LogP contribution is 2.29. The SMILES string of the molecule is O=c1c2c(sc3ccc(F)cc13)CCN(CC1CCCCC1)C2. The zero-order valence-electron chi connectivity index (χ0n) is 13.3. The number of hydrogen-bond donors (Lipinski definition) is 0. The fraction of sp³-hybridized carbons (Fsp3) is 0.526. The summed E-state index contributed by atoms with van der Waals surface area (Å²) in [6, 6.07) is 4.59. The van der Waals surface area contributed by atoms with Crippen LogP contribution in [0.15, 0.2) is 23.0 Å². The lowest BCUT2D eigenvalue weighted by molar-refractivity contribution is 0.187. The molecule has 0 saturated heterocycles. The summed E-state index contributed by atoms with van der Waals surface area (Å²) in [6.07, 6.45) is 7.71. The van der Waals surface area contributed by atoms with E-state index in [9.17, 15) is 9.18 Å². The molecule has 0 atom stereocenters. The Balaban J connectivity index is 1.61. The zero-order valence-corrected chi connectivity index (χ0v) is 14.1. The summed E-state index contributed by atoms with van der Waals surface area (Å²) >= 11 is 1.67. The molecule has 0 amide bonds. The van der Waals surface area contributed by atoms with E-state index in [0.717, 1.165) is 42.2 Å². The van der Waals surface area contributed by atoms with Gasteiger partial charge in [0.15, 0.2) is 5.43 Å². The van der Waals surface area contributed by atoms with Crippen molar-refractivity contribution in [2.45, 2.75) is 45.1 Å². The Morgan fingerprint density at radius 1 is 1.22 bits per heavy atom. The molecule has 1 aliphatic carbocycles. The van der Waals surface area contributed by atoms with Gasteiger partial charge in [0, 0.05) is 40.2 Å². The standard InChI is InChI=1S/C19H22FNOS/c20-14-6-7-17-15(10-14)19(22)16-12-21(9-8-18(16)23-17)11-13-4-2-1-3-5-13/h6-7,10,13H,1-5,8-9,11-12H2. The average molecular weight is 331 g/mol. The lowest BCUT2D eigenvalue weighted by Crippen LogP contribution is -2.37. The minimum atomic E-state index is -0.323. The van der Waals surface area contributed by atoms with Crippen molar-refractivity contribution in [2.24, 2.45) is 5.92 Å². The third-order valence-electron chi connectivity index (χ3n) is 5.31. The van der Waals surface area contributed by atoms with E-state index < -0.39 is 0 Å². The first-order valence-electron chi connectivity index (χ1n) is 8.67. The van der Waals surface area contributed by atoms with Gasteiger partial charge >= 0.3 is 0 Å². The van der Waals surface area contributed by atoms with Crippen LogP contribution in [0, 0.1) is 11.7 Å². The van der Waals surface area contributed by atoms with Crippen molar-refractivity contribution in [3.63, 3.8) is 0 Å². The van der Waals surface area contributed by atoms with Crippen molar-refractivity contribution in [1.29, 1.82) is 0 Å². The van der Waals surface area contributed by atoms with Crippen LogP contribution in [0.4, 0.5) is 4.39 Å². The minimum Gasteiger partial charge on any atom is -0.298 e. The van der Waals surface area contributed by atoms with Gasteiger partial charge in [-0.3, -0.25) is 9.69 Å². The second-order valence-electron chi connectivity index (χ2n) is 6.96. The molecule has 122 valence electrons. The molecular weight excluding hydrogens is 309 g/mol. The quantitative estimate of drug-likeness (QED) is 0.816. The molecule has 4 rings (SSSR count). The Bertz CT molecular complexity index is 779. The number of nitrogens with zero attached hydrogens (tertiary/aromatic N) is 1. The van der Waals surface area contributed by atoms with E-state index in [1.165, 1.54) is 49.1 Å². The minimum absolute atomic E-state index is 0.0431. The fourth-order valence-electron chi connectivity index (χ4n) is 4.07. The lowest BCUT2D eigenvalue weighted by atomic mass is 9.88. The van der Waals surface area contributed by atoms with Gasteiger partial charge in [0.05, 0.1) is 0 Å². The molecule has 2 heterocycles. The number of hydrogen-bond acceptors (Lipinski definition) is 3. The zero-order chi connectivity index (χ0) is 15.8. The monoisotopic (exact) mass is 331 g/mol. The van der Waals surface area contributed by atoms with Gasteiger partial charge in [-0.25, -0.2) is 4.39 Å². The van der Waals surface area contributed by atoms with Gasteiger partial charge in [0.1, 0.15) is 5.82 Å². The van der Waals surface area contributed by atoms with Crippen LogP contribution in [-0.2, 0) is 13.0 Å². The van der Waals surface area contributed by atoms with Crippen molar-refractivity contribution >= 4 is 21.4 Å². The van der Waals surface area contributed by atoms with Crippen LogP contribution in [-0.4, -0.2) is 18.0 Å². The van der Waals surface area contributed by atoms with Crippen LogP contribution in [0.1, 0.15) is 42.5 Å². The molecule has 0 unspecified atom stereocenters. The van der Waals surface area contributed by atoms with Crippen molar-refractivity contribution in [3.05, 3.63) is 44.7 Å². The van der Waals surface area contributed by atoms with E-state index in [1.54, 1.807) is 17.4 Å². The molecule has 1 aromatic heterocycles. The van der Waals surface area contributed by atoms with E-state index in [2.05, 4.69) is 4.90 Å². The van der Waals surface area contributed by atoms with Crippen molar-refractivity contribution in [1.82, 2.24) is 4.90 Å². The Hall–Kier alpha value is -1.26. The topological polar surface area (TPSA) is 20.3 Å². The Labute approximate surface area is 139 Å². The second-order valence-corrected chi connectivity index (χ2v) is 8.10. The van der Waals surface area contributed by atoms with E-state index in [1.807, 2.05) is 0 Å². The van der Waals surface area contributed by atoms with Gasteiger partial charge in [-0.05, 0) is 43.4 Å². The molecule has 0 N–H and O–H groups in total. The Kier molecular flexibility index (Phi) is 4.20. The van der Waals surface area contributed by atoms with E-state index in [0.29, 0.717) is 5.39 Å². The highest BCUT2D eigenvalue weighted by atomic mass is 32.1. The normalized spacial score (nSPS) is 19.9. The first-order valence-corrected chi connectivity index (χ1v) is 9.49. The van der Waals surface area contributed by atoms with Crippen LogP contribution in [0.2, 0.25) is 0 Å². The first kappa shape index (κ1) is 15.3. The largest absolute Gasteiger partial charge is 0.298 e. The lowest BCUT2D eigenvalue weighted by Gasteiger charge is -2.32. The summed E-state index contributed by atoms with van der Waals surface area (Å²) in [7, 11) is 0. The van der Waals surface area contributed by atoms with Crippen LogP contribution in [0.25, 0.3) is 10.1 Å². The summed E-state index contributed by atoms with van der Waals surface area (Å²) in [5.74, 6) is 0.471. The summed E-state index contributed by atoms with van der Waals surface area (Å²) in [5.41, 5.74) is 0.955. The van der Waals surface area contributed by atoms with E-state index in [-0.39, 0.29) is 11.2 Å². The van der Waals surface area contributed by atoms with Crippen molar-refractivity contribution in [2.75, 3.05) is 13.1 Å². The van der Waals surface area contributed by atoms with Crippen molar-refractivity contribution in [3.8, 4) is 0 Å². The van der Waals surface area contributed by atoms with Gasteiger partial charge in [-0.2, -0.15) is 0 Å². The Morgan fingerprint density at radius 3 is 2.87 bits per heavy atom. The summed E-state index contributed by atoms with van der Waals surface area (Å²) in [6.45, 7) is 2.91. The van der Waals surface area contributed by atoms with Gasteiger partial charge in [-0.1, -0.05) is 19.3 Å². The maximum absolute atomic E-state index is 13.5. The summed E-state index contributed by atoms with van der Waals surface area (Å²) in [5, 5.41) is 0.549. The summed E-state index contributed by atoms with van der Waals surface area (Å²) in [4.78, 5) is 16.4.